The summed E-state index contributed by atoms with van der Waals surface area (Å²) in [7, 11) is 5.93. The van der Waals surface area contributed by atoms with E-state index in [4.69, 9.17) is 8.25 Å². The molecule has 1 aliphatic carbocycles. The van der Waals surface area contributed by atoms with E-state index < -0.39 is 23.3 Å². The SMILES string of the molecule is [Cl][Hg][c]1ccc(C2CC2(Br)Br)cc1. The van der Waals surface area contributed by atoms with Crippen LogP contribution in [-0.2, 0) is 23.3 Å². The van der Waals surface area contributed by atoms with Gasteiger partial charge >= 0.3 is 112 Å². The van der Waals surface area contributed by atoms with E-state index in [2.05, 4.69) is 56.1 Å². The van der Waals surface area contributed by atoms with Crippen LogP contribution in [0.25, 0.3) is 0 Å². The van der Waals surface area contributed by atoms with Crippen molar-refractivity contribution in [3.63, 3.8) is 0 Å². The molecule has 0 aromatic heterocycles. The van der Waals surface area contributed by atoms with Gasteiger partial charge in [0, 0.05) is 0 Å². The number of alkyl halides is 2. The second kappa shape index (κ2) is 4.11. The van der Waals surface area contributed by atoms with Gasteiger partial charge in [0.25, 0.3) is 0 Å². The molecule has 1 saturated carbocycles. The van der Waals surface area contributed by atoms with E-state index in [1.807, 2.05) is 0 Å². The number of benzene rings is 1. The molecular formula is C9H7Br2ClHg. The van der Waals surface area contributed by atoms with Gasteiger partial charge < -0.3 is 0 Å². The molecule has 0 radical (unpaired) electrons. The van der Waals surface area contributed by atoms with Crippen LogP contribution in [0.4, 0.5) is 0 Å². The van der Waals surface area contributed by atoms with Gasteiger partial charge in [0.15, 0.2) is 0 Å². The molecule has 1 atom stereocenters. The first kappa shape index (κ1) is 10.9. The first-order valence-corrected chi connectivity index (χ1v) is 15.3. The Bertz CT molecular complexity index is 310. The number of hydrogen-bond acceptors (Lipinski definition) is 0. The van der Waals surface area contributed by atoms with Crippen molar-refractivity contribution in [2.45, 2.75) is 15.6 Å². The molecule has 1 unspecified atom stereocenters. The van der Waals surface area contributed by atoms with Crippen LogP contribution in [0.5, 0.6) is 0 Å². The third-order valence-electron chi connectivity index (χ3n) is 2.36. The van der Waals surface area contributed by atoms with Crippen molar-refractivity contribution in [2.75, 3.05) is 0 Å². The molecule has 13 heavy (non-hydrogen) atoms. The molecular weight excluding hydrogens is 504 g/mol. The van der Waals surface area contributed by atoms with Crippen LogP contribution in [0, 0.1) is 0 Å². The molecule has 0 bridgehead atoms. The monoisotopic (exact) mass is 510 g/mol. The quantitative estimate of drug-likeness (QED) is 0.422. The molecule has 0 amide bonds. The second-order valence-electron chi connectivity index (χ2n) is 3.39. The van der Waals surface area contributed by atoms with Crippen LogP contribution >= 0.6 is 40.1 Å². The van der Waals surface area contributed by atoms with Gasteiger partial charge in [-0.15, -0.1) is 0 Å². The molecule has 66 valence electrons. The average Bonchev–Trinajstić information content (AvgIpc) is 2.76. The molecule has 0 heterocycles. The third-order valence-corrected chi connectivity index (χ3v) is 9.86. The van der Waals surface area contributed by atoms with Gasteiger partial charge in [-0.25, -0.2) is 0 Å². The van der Waals surface area contributed by atoms with E-state index in [-0.39, 0.29) is 3.23 Å². The average molecular weight is 511 g/mol. The van der Waals surface area contributed by atoms with Crippen molar-refractivity contribution in [2.24, 2.45) is 0 Å². The van der Waals surface area contributed by atoms with Crippen LogP contribution in [0.3, 0.4) is 0 Å². The van der Waals surface area contributed by atoms with Crippen LogP contribution < -0.4 is 3.07 Å². The molecule has 4 heteroatoms. The second-order valence-corrected chi connectivity index (χ2v) is 13.8. The fourth-order valence-corrected chi connectivity index (χ4v) is 5.76. The first-order valence-electron chi connectivity index (χ1n) is 4.16. The molecule has 0 nitrogen and oxygen atoms in total. The van der Waals surface area contributed by atoms with Gasteiger partial charge in [-0.1, -0.05) is 0 Å². The number of rotatable bonds is 2. The Hall–Kier alpha value is 1.41. The van der Waals surface area contributed by atoms with Gasteiger partial charge in [0.1, 0.15) is 0 Å². The summed E-state index contributed by atoms with van der Waals surface area (Å²) in [6.45, 7) is 0. The zero-order valence-electron chi connectivity index (χ0n) is 6.93. The van der Waals surface area contributed by atoms with E-state index in [1.54, 1.807) is 0 Å². The summed E-state index contributed by atoms with van der Waals surface area (Å²) in [5.74, 6) is 0.633. The van der Waals surface area contributed by atoms with Crippen molar-refractivity contribution in [1.29, 1.82) is 0 Å². The summed E-state index contributed by atoms with van der Waals surface area (Å²) in [5.41, 5.74) is 1.41. The Labute approximate surface area is 111 Å². The van der Waals surface area contributed by atoms with E-state index in [1.165, 1.54) is 15.1 Å². The van der Waals surface area contributed by atoms with Gasteiger partial charge in [-0.3, -0.25) is 0 Å². The Kier molecular flexibility index (Phi) is 3.45. The van der Waals surface area contributed by atoms with Gasteiger partial charge in [-0.05, 0) is 0 Å². The van der Waals surface area contributed by atoms with E-state index in [9.17, 15) is 0 Å². The van der Waals surface area contributed by atoms with Crippen molar-refractivity contribution >= 4 is 43.2 Å². The molecule has 1 aromatic carbocycles. The summed E-state index contributed by atoms with van der Waals surface area (Å²) >= 11 is 6.09. The van der Waals surface area contributed by atoms with Crippen molar-refractivity contribution in [3.8, 4) is 0 Å². The number of hydrogen-bond donors (Lipinski definition) is 0. The Morgan fingerprint density at radius 1 is 1.31 bits per heavy atom. The van der Waals surface area contributed by atoms with E-state index >= 15 is 0 Å². The summed E-state index contributed by atoms with van der Waals surface area (Å²) in [6, 6.07) is 8.82. The summed E-state index contributed by atoms with van der Waals surface area (Å²) in [4.78, 5) is 0. The molecule has 1 fully saturated rings. The molecule has 2 rings (SSSR count). The van der Waals surface area contributed by atoms with Gasteiger partial charge in [0.2, 0.25) is 0 Å². The van der Waals surface area contributed by atoms with Crippen LogP contribution in [0.15, 0.2) is 24.3 Å². The van der Waals surface area contributed by atoms with E-state index in [0.717, 1.165) is 0 Å². The summed E-state index contributed by atoms with van der Waals surface area (Å²) in [6.07, 6.45) is 1.18. The van der Waals surface area contributed by atoms with Crippen LogP contribution in [0.1, 0.15) is 17.9 Å². The minimum absolute atomic E-state index is 0.173. The first-order chi connectivity index (χ1) is 6.13. The van der Waals surface area contributed by atoms with E-state index in [0.29, 0.717) is 5.92 Å². The molecule has 0 spiro atoms. The Morgan fingerprint density at radius 3 is 2.23 bits per heavy atom. The van der Waals surface area contributed by atoms with Crippen LogP contribution in [0.2, 0.25) is 0 Å². The third kappa shape index (κ3) is 2.50. The fourth-order valence-electron chi connectivity index (χ4n) is 1.41. The molecule has 0 N–H and O–H groups in total. The fraction of sp³-hybridized carbons (Fsp3) is 0.333. The van der Waals surface area contributed by atoms with Crippen LogP contribution in [-0.4, -0.2) is 3.23 Å². The van der Waals surface area contributed by atoms with Gasteiger partial charge in [-0.2, -0.15) is 0 Å². The minimum atomic E-state index is -1.17. The predicted molar refractivity (Wildman–Crippen MR) is 59.9 cm³/mol. The zero-order valence-corrected chi connectivity index (χ0v) is 16.4. The predicted octanol–water partition coefficient (Wildman–Crippen LogP) is 3.52. The Morgan fingerprint density at radius 2 is 1.85 bits per heavy atom. The molecule has 1 aromatic rings. The standard InChI is InChI=1S/C9H7Br2.ClH.Hg/c10-9(11)6-8(9)7-4-2-1-3-5-7;;/h2-5,8H,6H2;1H;/q;;+1/p-1. The number of halogens is 3. The summed E-state index contributed by atoms with van der Waals surface area (Å²) < 4.78 is 1.58. The molecule has 0 aliphatic heterocycles. The van der Waals surface area contributed by atoms with Gasteiger partial charge in [0.05, 0.1) is 0 Å². The maximum atomic E-state index is 5.93. The Balaban J connectivity index is 2.16. The summed E-state index contributed by atoms with van der Waals surface area (Å²) in [5, 5.41) is 0. The van der Waals surface area contributed by atoms with Crippen molar-refractivity contribution in [1.82, 2.24) is 0 Å². The topological polar surface area (TPSA) is 0 Å². The van der Waals surface area contributed by atoms with Crippen molar-refractivity contribution in [3.05, 3.63) is 29.8 Å². The maximum absolute atomic E-state index is 5.93. The molecule has 1 aliphatic rings. The van der Waals surface area contributed by atoms with Crippen molar-refractivity contribution < 1.29 is 23.3 Å². The zero-order chi connectivity index (χ0) is 9.47. The molecule has 0 saturated heterocycles. The normalized spacial score (nSPS) is 23.8.